The molecule has 0 aliphatic rings. The first kappa shape index (κ1) is 9.39. The fourth-order valence-electron chi connectivity index (χ4n) is 0.387. The highest BCUT2D eigenvalue weighted by Crippen LogP contribution is 2.18. The Labute approximate surface area is 59.7 Å². The lowest BCUT2D eigenvalue weighted by molar-refractivity contribution is -0.148. The lowest BCUT2D eigenvalue weighted by Crippen LogP contribution is -2.45. The highest BCUT2D eigenvalue weighted by atomic mass is 16.4. The number of hydrogen-bond donors (Lipinski definition) is 3. The Hall–Kier alpha value is -0.610. The number of nitrogens with two attached hydrogens (primary N) is 1. The van der Waals surface area contributed by atoms with Crippen LogP contribution >= 0.6 is 0 Å². The Bertz CT molecular complexity index is 133. The van der Waals surface area contributed by atoms with Gasteiger partial charge in [0.25, 0.3) is 0 Å². The second-order valence-electron chi connectivity index (χ2n) is 2.82. The first-order valence-corrected chi connectivity index (χ1v) is 3.02. The summed E-state index contributed by atoms with van der Waals surface area (Å²) in [5.74, 6) is -0.992. The van der Waals surface area contributed by atoms with Crippen LogP contribution in [-0.4, -0.2) is 28.8 Å². The van der Waals surface area contributed by atoms with Gasteiger partial charge in [-0.25, -0.2) is 0 Å². The summed E-state index contributed by atoms with van der Waals surface area (Å²) in [5, 5.41) is 17.1. The molecule has 0 fully saturated rings. The summed E-state index contributed by atoms with van der Waals surface area (Å²) in [4.78, 5) is 10.4. The van der Waals surface area contributed by atoms with E-state index < -0.39 is 17.4 Å². The Kier molecular flexibility index (Phi) is 2.80. The van der Waals surface area contributed by atoms with Crippen LogP contribution < -0.4 is 5.73 Å². The number of carboxylic acid groups (broad SMARTS) is 1. The maximum absolute atomic E-state index is 10.4. The molecule has 0 amide bonds. The molecule has 0 saturated heterocycles. The predicted molar refractivity (Wildman–Crippen MR) is 36.5 cm³/mol. The molecule has 4 heteroatoms. The summed E-state index contributed by atoms with van der Waals surface area (Å²) in [6.07, 6.45) is 0. The molecule has 60 valence electrons. The first-order valence-electron chi connectivity index (χ1n) is 3.02. The Balaban J connectivity index is 4.23. The Morgan fingerprint density at radius 1 is 1.70 bits per heavy atom. The minimum absolute atomic E-state index is 0.306. The van der Waals surface area contributed by atoms with Gasteiger partial charge in [-0.15, -0.1) is 0 Å². The normalized spacial score (nSPS) is 14.8. The molecule has 0 aliphatic heterocycles. The van der Waals surface area contributed by atoms with Gasteiger partial charge in [-0.1, -0.05) is 0 Å². The van der Waals surface area contributed by atoms with Gasteiger partial charge >= 0.3 is 5.97 Å². The third kappa shape index (κ3) is 1.68. The van der Waals surface area contributed by atoms with Crippen LogP contribution in [0.25, 0.3) is 0 Å². The summed E-state index contributed by atoms with van der Waals surface area (Å²) in [5.41, 5.74) is 4.27. The van der Waals surface area contributed by atoms with Crippen molar-refractivity contribution in [2.24, 2.45) is 11.1 Å². The van der Waals surface area contributed by atoms with E-state index in [-0.39, 0.29) is 6.61 Å². The molecule has 0 bridgehead atoms. The van der Waals surface area contributed by atoms with Crippen molar-refractivity contribution in [1.82, 2.24) is 0 Å². The summed E-state index contributed by atoms with van der Waals surface area (Å²) < 4.78 is 0. The zero-order valence-electron chi connectivity index (χ0n) is 6.16. The lowest BCUT2D eigenvalue weighted by Gasteiger charge is -2.24. The van der Waals surface area contributed by atoms with Crippen LogP contribution in [0.3, 0.4) is 0 Å². The van der Waals surface area contributed by atoms with E-state index in [4.69, 9.17) is 15.9 Å². The van der Waals surface area contributed by atoms with E-state index in [1.807, 2.05) is 0 Å². The van der Waals surface area contributed by atoms with Crippen LogP contribution in [-0.2, 0) is 4.79 Å². The van der Waals surface area contributed by atoms with Gasteiger partial charge in [-0.3, -0.25) is 4.79 Å². The molecule has 4 N–H and O–H groups in total. The number of carboxylic acids is 1. The second-order valence-corrected chi connectivity index (χ2v) is 2.82. The third-order valence-electron chi connectivity index (χ3n) is 1.67. The molecule has 1 atom stereocenters. The van der Waals surface area contributed by atoms with Crippen molar-refractivity contribution < 1.29 is 15.0 Å². The zero-order chi connectivity index (χ0) is 8.36. The van der Waals surface area contributed by atoms with E-state index in [1.165, 1.54) is 13.8 Å². The van der Waals surface area contributed by atoms with Crippen LogP contribution in [0.4, 0.5) is 0 Å². The SMILES string of the molecule is CC(C)(C(=O)O)[C@H](N)CO. The van der Waals surface area contributed by atoms with Crippen LogP contribution in [0, 0.1) is 5.41 Å². The number of carbonyl (C=O) groups is 1. The van der Waals surface area contributed by atoms with Gasteiger partial charge in [0.1, 0.15) is 0 Å². The molecular weight excluding hydrogens is 134 g/mol. The molecule has 4 nitrogen and oxygen atoms in total. The molecule has 10 heavy (non-hydrogen) atoms. The average Bonchev–Trinajstić information content (AvgIpc) is 1.86. The van der Waals surface area contributed by atoms with Crippen molar-refractivity contribution in [1.29, 1.82) is 0 Å². The zero-order valence-corrected chi connectivity index (χ0v) is 6.16. The number of aliphatic hydroxyl groups excluding tert-OH is 1. The van der Waals surface area contributed by atoms with Crippen molar-refractivity contribution in [2.75, 3.05) is 6.61 Å². The van der Waals surface area contributed by atoms with E-state index in [0.29, 0.717) is 0 Å². The summed E-state index contributed by atoms with van der Waals surface area (Å²) in [6.45, 7) is 2.66. The Morgan fingerprint density at radius 3 is 2.20 bits per heavy atom. The molecule has 0 spiro atoms. The van der Waals surface area contributed by atoms with Crippen molar-refractivity contribution >= 4 is 5.97 Å². The van der Waals surface area contributed by atoms with Crippen molar-refractivity contribution in [3.05, 3.63) is 0 Å². The summed E-state index contributed by atoms with van der Waals surface area (Å²) in [7, 11) is 0. The minimum Gasteiger partial charge on any atom is -0.481 e. The van der Waals surface area contributed by atoms with Gasteiger partial charge < -0.3 is 15.9 Å². The Morgan fingerprint density at radius 2 is 2.10 bits per heavy atom. The van der Waals surface area contributed by atoms with Crippen LogP contribution in [0.2, 0.25) is 0 Å². The maximum atomic E-state index is 10.4. The van der Waals surface area contributed by atoms with E-state index >= 15 is 0 Å². The van der Waals surface area contributed by atoms with Gasteiger partial charge in [0, 0.05) is 6.04 Å². The highest BCUT2D eigenvalue weighted by Gasteiger charge is 2.33. The third-order valence-corrected chi connectivity index (χ3v) is 1.67. The molecule has 0 radical (unpaired) electrons. The summed E-state index contributed by atoms with van der Waals surface area (Å²) in [6, 6.07) is -0.704. The molecule has 0 unspecified atom stereocenters. The first-order chi connectivity index (χ1) is 4.42. The van der Waals surface area contributed by atoms with Gasteiger partial charge in [-0.05, 0) is 13.8 Å². The standard InChI is InChI=1S/C6H13NO3/c1-6(2,5(9)10)4(7)3-8/h4,8H,3,7H2,1-2H3,(H,9,10)/t4-/m1/s1. The fourth-order valence-corrected chi connectivity index (χ4v) is 0.387. The monoisotopic (exact) mass is 147 g/mol. The lowest BCUT2D eigenvalue weighted by atomic mass is 9.86. The van der Waals surface area contributed by atoms with Crippen molar-refractivity contribution in [2.45, 2.75) is 19.9 Å². The molecule has 0 rings (SSSR count). The molecule has 0 aromatic rings. The molecule has 0 aromatic heterocycles. The number of rotatable bonds is 3. The van der Waals surface area contributed by atoms with Crippen molar-refractivity contribution in [3.63, 3.8) is 0 Å². The molecule has 0 aromatic carbocycles. The van der Waals surface area contributed by atoms with Crippen LogP contribution in [0.5, 0.6) is 0 Å². The quantitative estimate of drug-likeness (QED) is 0.498. The van der Waals surface area contributed by atoms with Gasteiger partial charge in [0.05, 0.1) is 12.0 Å². The van der Waals surface area contributed by atoms with Gasteiger partial charge in [0.2, 0.25) is 0 Å². The predicted octanol–water partition coefficient (Wildman–Crippen LogP) is -0.583. The minimum atomic E-state index is -1.05. The van der Waals surface area contributed by atoms with Crippen LogP contribution in [0.15, 0.2) is 0 Å². The van der Waals surface area contributed by atoms with E-state index in [0.717, 1.165) is 0 Å². The largest absolute Gasteiger partial charge is 0.481 e. The van der Waals surface area contributed by atoms with Crippen molar-refractivity contribution in [3.8, 4) is 0 Å². The smallest absolute Gasteiger partial charge is 0.310 e. The highest BCUT2D eigenvalue weighted by molar-refractivity contribution is 5.74. The number of aliphatic carboxylic acids is 1. The van der Waals surface area contributed by atoms with Crippen LogP contribution in [0.1, 0.15) is 13.8 Å². The average molecular weight is 147 g/mol. The van der Waals surface area contributed by atoms with E-state index in [1.54, 1.807) is 0 Å². The molecular formula is C6H13NO3. The maximum Gasteiger partial charge on any atom is 0.310 e. The van der Waals surface area contributed by atoms with Gasteiger partial charge in [0.15, 0.2) is 0 Å². The molecule has 0 saturated carbocycles. The summed E-state index contributed by atoms with van der Waals surface area (Å²) >= 11 is 0. The number of aliphatic hydroxyl groups is 1. The fraction of sp³-hybridized carbons (Fsp3) is 0.833. The topological polar surface area (TPSA) is 83.5 Å². The molecule has 0 aliphatic carbocycles. The van der Waals surface area contributed by atoms with Gasteiger partial charge in [-0.2, -0.15) is 0 Å². The number of hydrogen-bond acceptors (Lipinski definition) is 3. The van der Waals surface area contributed by atoms with E-state index in [9.17, 15) is 4.79 Å². The second kappa shape index (κ2) is 2.98. The van der Waals surface area contributed by atoms with E-state index in [2.05, 4.69) is 0 Å². The molecule has 0 heterocycles.